The molecule has 3 saturated carbocycles. The van der Waals surface area contributed by atoms with Crippen LogP contribution in [0.1, 0.15) is 98.3 Å². The number of aliphatic hydroxyl groups is 2. The molecule has 0 aliphatic heterocycles. The lowest BCUT2D eigenvalue weighted by Crippen LogP contribution is -2.36. The van der Waals surface area contributed by atoms with Gasteiger partial charge in [-0.15, -0.1) is 0 Å². The van der Waals surface area contributed by atoms with Gasteiger partial charge in [0.2, 0.25) is 0 Å². The Morgan fingerprint density at radius 3 is 2.66 bits per heavy atom. The third kappa shape index (κ3) is 5.25. The number of hydrogen-bond acceptors (Lipinski definition) is 2. The molecule has 5 atom stereocenters. The Morgan fingerprint density at radius 1 is 1.17 bits per heavy atom. The Bertz CT molecular complexity index is 650. The van der Waals surface area contributed by atoms with Gasteiger partial charge in [-0.05, 0) is 106 Å². The van der Waals surface area contributed by atoms with Crippen molar-refractivity contribution >= 4 is 0 Å². The summed E-state index contributed by atoms with van der Waals surface area (Å²) < 4.78 is 0. The van der Waals surface area contributed by atoms with Crippen LogP contribution in [0.5, 0.6) is 0 Å². The number of hydrogen-bond donors (Lipinski definition) is 2. The molecule has 164 valence electrons. The molecule has 2 nitrogen and oxygen atoms in total. The van der Waals surface area contributed by atoms with E-state index in [0.29, 0.717) is 5.41 Å². The fourth-order valence-electron chi connectivity index (χ4n) is 6.70. The Hall–Kier alpha value is -0.860. The van der Waals surface area contributed by atoms with Gasteiger partial charge < -0.3 is 10.2 Å². The van der Waals surface area contributed by atoms with E-state index in [9.17, 15) is 10.2 Å². The predicted molar refractivity (Wildman–Crippen MR) is 123 cm³/mol. The van der Waals surface area contributed by atoms with Crippen LogP contribution in [-0.4, -0.2) is 21.9 Å². The summed E-state index contributed by atoms with van der Waals surface area (Å²) in [6, 6.07) is 0. The minimum absolute atomic E-state index is 0.342. The summed E-state index contributed by atoms with van der Waals surface area (Å²) in [4.78, 5) is 0. The van der Waals surface area contributed by atoms with Crippen molar-refractivity contribution in [3.05, 3.63) is 35.5 Å². The van der Waals surface area contributed by atoms with E-state index < -0.39 is 5.60 Å². The van der Waals surface area contributed by atoms with E-state index in [0.717, 1.165) is 55.4 Å². The van der Waals surface area contributed by atoms with Crippen LogP contribution in [0.25, 0.3) is 0 Å². The minimum atomic E-state index is -0.535. The maximum atomic E-state index is 10.1. The zero-order valence-electron chi connectivity index (χ0n) is 19.3. The molecule has 0 aromatic rings. The number of rotatable bonds is 6. The van der Waals surface area contributed by atoms with E-state index >= 15 is 0 Å². The summed E-state index contributed by atoms with van der Waals surface area (Å²) in [5.41, 5.74) is 3.74. The lowest BCUT2D eigenvalue weighted by Gasteiger charge is -2.44. The molecule has 3 aliphatic rings. The fraction of sp³-hybridized carbons (Fsp3) is 0.778. The van der Waals surface area contributed by atoms with Crippen molar-refractivity contribution in [3.63, 3.8) is 0 Å². The van der Waals surface area contributed by atoms with Crippen molar-refractivity contribution < 1.29 is 10.2 Å². The van der Waals surface area contributed by atoms with Crippen molar-refractivity contribution in [2.45, 2.75) is 110 Å². The first-order valence-electron chi connectivity index (χ1n) is 12.1. The van der Waals surface area contributed by atoms with Gasteiger partial charge in [-0.2, -0.15) is 0 Å². The van der Waals surface area contributed by atoms with Gasteiger partial charge in [-0.25, -0.2) is 0 Å². The molecule has 2 heteroatoms. The molecule has 0 heterocycles. The summed E-state index contributed by atoms with van der Waals surface area (Å²) in [5.74, 6) is 2.26. The van der Waals surface area contributed by atoms with Crippen molar-refractivity contribution in [3.8, 4) is 0 Å². The zero-order valence-corrected chi connectivity index (χ0v) is 19.3. The van der Waals surface area contributed by atoms with Gasteiger partial charge in [0.1, 0.15) is 0 Å². The van der Waals surface area contributed by atoms with E-state index in [1.54, 1.807) is 5.57 Å². The van der Waals surface area contributed by atoms with E-state index in [1.807, 2.05) is 13.8 Å². The normalized spacial score (nSPS) is 37.2. The second kappa shape index (κ2) is 9.10. The van der Waals surface area contributed by atoms with Gasteiger partial charge in [0.15, 0.2) is 0 Å². The summed E-state index contributed by atoms with van der Waals surface area (Å²) in [6.07, 6.45) is 17.2. The van der Waals surface area contributed by atoms with Crippen molar-refractivity contribution in [2.24, 2.45) is 23.2 Å². The van der Waals surface area contributed by atoms with Gasteiger partial charge in [0.25, 0.3) is 0 Å². The lowest BCUT2D eigenvalue weighted by molar-refractivity contribution is 0.0596. The number of fused-ring (bicyclic) bond motifs is 1. The third-order valence-electron chi connectivity index (χ3n) is 8.41. The number of allylic oxidation sites excluding steroid dienone is 3. The summed E-state index contributed by atoms with van der Waals surface area (Å²) in [6.45, 7) is 13.0. The fourth-order valence-corrected chi connectivity index (χ4v) is 6.70. The van der Waals surface area contributed by atoms with Crippen LogP contribution in [-0.2, 0) is 0 Å². The average Bonchev–Trinajstić information content (AvgIpc) is 2.99. The largest absolute Gasteiger partial charge is 0.390 e. The van der Waals surface area contributed by atoms with Gasteiger partial charge in [-0.1, -0.05) is 51.0 Å². The zero-order chi connectivity index (χ0) is 21.2. The van der Waals surface area contributed by atoms with Crippen LogP contribution in [0.15, 0.2) is 35.5 Å². The maximum absolute atomic E-state index is 10.1. The first-order chi connectivity index (χ1) is 13.6. The maximum Gasteiger partial charge on any atom is 0.0787 e. The molecule has 3 fully saturated rings. The van der Waals surface area contributed by atoms with Crippen molar-refractivity contribution in [1.29, 1.82) is 0 Å². The highest BCUT2D eigenvalue weighted by atomic mass is 16.3. The smallest absolute Gasteiger partial charge is 0.0787 e. The highest BCUT2D eigenvalue weighted by Crippen LogP contribution is 2.60. The Morgan fingerprint density at radius 2 is 1.93 bits per heavy atom. The predicted octanol–water partition coefficient (Wildman–Crippen LogP) is 6.73. The molecule has 2 N–H and O–H groups in total. The van der Waals surface area contributed by atoms with E-state index in [2.05, 4.69) is 32.6 Å². The van der Waals surface area contributed by atoms with Crippen LogP contribution >= 0.6 is 0 Å². The van der Waals surface area contributed by atoms with Gasteiger partial charge in [-0.3, -0.25) is 0 Å². The molecule has 0 amide bonds. The van der Waals surface area contributed by atoms with Gasteiger partial charge >= 0.3 is 0 Å². The van der Waals surface area contributed by atoms with E-state index in [1.165, 1.54) is 44.1 Å². The minimum Gasteiger partial charge on any atom is -0.390 e. The molecule has 0 spiro atoms. The van der Waals surface area contributed by atoms with Gasteiger partial charge in [0.05, 0.1) is 11.7 Å². The molecule has 3 aliphatic carbocycles. The second-order valence-electron chi connectivity index (χ2n) is 11.1. The van der Waals surface area contributed by atoms with E-state index in [4.69, 9.17) is 0 Å². The highest BCUT2D eigenvalue weighted by Gasteiger charge is 2.50. The summed E-state index contributed by atoms with van der Waals surface area (Å²) in [5, 5.41) is 20.2. The Labute approximate surface area is 179 Å². The molecule has 5 unspecified atom stereocenters. The molecule has 0 saturated heterocycles. The van der Waals surface area contributed by atoms with Crippen molar-refractivity contribution in [2.75, 3.05) is 0 Å². The molecule has 3 rings (SSSR count). The Balaban J connectivity index is 1.68. The van der Waals surface area contributed by atoms with Crippen LogP contribution < -0.4 is 0 Å². The third-order valence-corrected chi connectivity index (χ3v) is 8.41. The highest BCUT2D eigenvalue weighted by molar-refractivity contribution is 5.37. The summed E-state index contributed by atoms with van der Waals surface area (Å²) >= 11 is 0. The molecule has 29 heavy (non-hydrogen) atoms. The van der Waals surface area contributed by atoms with Crippen molar-refractivity contribution in [1.82, 2.24) is 0 Å². The summed E-state index contributed by atoms with van der Waals surface area (Å²) in [7, 11) is 0. The van der Waals surface area contributed by atoms with Crippen LogP contribution in [0.3, 0.4) is 0 Å². The molecule has 0 radical (unpaired) electrons. The molecule has 0 aromatic carbocycles. The molecular formula is C27H44O2. The van der Waals surface area contributed by atoms with Crippen LogP contribution in [0, 0.1) is 23.2 Å². The molecule has 0 aromatic heterocycles. The van der Waals surface area contributed by atoms with Crippen LogP contribution in [0.2, 0.25) is 0 Å². The molecule has 0 bridgehead atoms. The Kier molecular flexibility index (Phi) is 7.16. The molecular weight excluding hydrogens is 356 g/mol. The number of aliphatic hydroxyl groups excluding tert-OH is 1. The topological polar surface area (TPSA) is 40.5 Å². The first kappa shape index (κ1) is 22.8. The monoisotopic (exact) mass is 400 g/mol. The second-order valence-corrected chi connectivity index (χ2v) is 11.1. The average molecular weight is 401 g/mol. The van der Waals surface area contributed by atoms with Crippen LogP contribution in [0.4, 0.5) is 0 Å². The lowest BCUT2D eigenvalue weighted by atomic mass is 9.60. The SMILES string of the molecule is C=C1C(=CC=C2CCCC3(C)C2CCC3C(C)CCCC(C)(C)O)CCCC1O. The first-order valence-corrected chi connectivity index (χ1v) is 12.1. The van der Waals surface area contributed by atoms with Gasteiger partial charge in [0, 0.05) is 0 Å². The van der Waals surface area contributed by atoms with E-state index in [-0.39, 0.29) is 6.10 Å². The quantitative estimate of drug-likeness (QED) is 0.518. The standard InChI is InChI=1S/C27H44O2/c1-19(9-7-17-26(3,4)29)23-15-16-24-22(11-8-18-27(23,24)5)14-13-21-10-6-12-25(28)20(21)2/h13-14,19,23-25,28-29H,2,6-12,15-18H2,1,3-5H3.